The minimum Gasteiger partial charge on any atom is -0.398 e. The smallest absolute Gasteiger partial charge is 0.0440 e. The Kier molecular flexibility index (Phi) is 1.83. The summed E-state index contributed by atoms with van der Waals surface area (Å²) < 4.78 is 0. The van der Waals surface area contributed by atoms with E-state index in [0.29, 0.717) is 5.92 Å². The molecule has 0 saturated heterocycles. The summed E-state index contributed by atoms with van der Waals surface area (Å²) in [4.78, 5) is 0. The standard InChI is InChI=1S/C11H14N2/c1-7-3-2-4-9(12)10(7)11(13)8-5-6-8/h2-4,8,13H,5-6,12H2,1H3. The zero-order valence-electron chi connectivity index (χ0n) is 7.80. The van der Waals surface area contributed by atoms with Crippen molar-refractivity contribution in [1.82, 2.24) is 0 Å². The van der Waals surface area contributed by atoms with Crippen molar-refractivity contribution >= 4 is 11.4 Å². The van der Waals surface area contributed by atoms with Gasteiger partial charge in [-0.2, -0.15) is 0 Å². The first-order valence-electron chi connectivity index (χ1n) is 4.64. The molecule has 13 heavy (non-hydrogen) atoms. The van der Waals surface area contributed by atoms with Crippen molar-refractivity contribution in [2.24, 2.45) is 5.92 Å². The van der Waals surface area contributed by atoms with Crippen LogP contribution in [0.4, 0.5) is 5.69 Å². The van der Waals surface area contributed by atoms with E-state index in [4.69, 9.17) is 11.1 Å². The van der Waals surface area contributed by atoms with Gasteiger partial charge in [0.1, 0.15) is 0 Å². The fourth-order valence-electron chi connectivity index (χ4n) is 1.63. The van der Waals surface area contributed by atoms with Gasteiger partial charge >= 0.3 is 0 Å². The molecule has 0 heterocycles. The topological polar surface area (TPSA) is 49.9 Å². The highest BCUT2D eigenvalue weighted by Crippen LogP contribution is 2.34. The first kappa shape index (κ1) is 8.30. The van der Waals surface area contributed by atoms with E-state index in [-0.39, 0.29) is 0 Å². The quantitative estimate of drug-likeness (QED) is 0.524. The molecule has 0 unspecified atom stereocenters. The highest BCUT2D eigenvalue weighted by atomic mass is 14.6. The number of nitrogens with one attached hydrogen (secondary N) is 1. The summed E-state index contributed by atoms with van der Waals surface area (Å²) in [7, 11) is 0. The zero-order chi connectivity index (χ0) is 9.42. The number of hydrogen-bond acceptors (Lipinski definition) is 2. The highest BCUT2D eigenvalue weighted by Gasteiger charge is 2.28. The fraction of sp³-hybridized carbons (Fsp3) is 0.364. The van der Waals surface area contributed by atoms with Crippen LogP contribution in [0.2, 0.25) is 0 Å². The van der Waals surface area contributed by atoms with Crippen LogP contribution < -0.4 is 5.73 Å². The molecule has 1 aromatic carbocycles. The van der Waals surface area contributed by atoms with Crippen LogP contribution in [-0.2, 0) is 0 Å². The zero-order valence-corrected chi connectivity index (χ0v) is 7.80. The predicted octanol–water partition coefficient (Wildman–Crippen LogP) is 2.36. The van der Waals surface area contributed by atoms with Crippen molar-refractivity contribution in [1.29, 1.82) is 5.41 Å². The Hall–Kier alpha value is -1.31. The predicted molar refractivity (Wildman–Crippen MR) is 55.1 cm³/mol. The third-order valence-electron chi connectivity index (χ3n) is 2.56. The molecule has 0 aliphatic heterocycles. The molecule has 3 N–H and O–H groups in total. The van der Waals surface area contributed by atoms with Gasteiger partial charge in [0.2, 0.25) is 0 Å². The van der Waals surface area contributed by atoms with Gasteiger partial charge in [0.25, 0.3) is 0 Å². The van der Waals surface area contributed by atoms with Crippen molar-refractivity contribution < 1.29 is 0 Å². The maximum Gasteiger partial charge on any atom is 0.0440 e. The molecule has 1 aliphatic carbocycles. The van der Waals surface area contributed by atoms with Crippen LogP contribution in [0.25, 0.3) is 0 Å². The van der Waals surface area contributed by atoms with Gasteiger partial charge in [0.05, 0.1) is 0 Å². The number of benzene rings is 1. The summed E-state index contributed by atoms with van der Waals surface area (Å²) in [5.74, 6) is 0.475. The third kappa shape index (κ3) is 1.44. The molecule has 2 rings (SSSR count). The van der Waals surface area contributed by atoms with Crippen LogP contribution in [0.15, 0.2) is 18.2 Å². The van der Waals surface area contributed by atoms with E-state index in [1.54, 1.807) is 0 Å². The number of rotatable bonds is 2. The Bertz CT molecular complexity index is 331. The van der Waals surface area contributed by atoms with Gasteiger partial charge < -0.3 is 11.1 Å². The molecule has 1 fully saturated rings. The maximum absolute atomic E-state index is 7.95. The van der Waals surface area contributed by atoms with E-state index in [9.17, 15) is 0 Å². The summed E-state index contributed by atoms with van der Waals surface area (Å²) in [6.45, 7) is 2.02. The summed E-state index contributed by atoms with van der Waals surface area (Å²) in [5, 5.41) is 7.95. The Balaban J connectivity index is 2.42. The molecule has 1 aliphatic rings. The fourth-order valence-corrected chi connectivity index (χ4v) is 1.63. The van der Waals surface area contributed by atoms with Crippen molar-refractivity contribution in [3.63, 3.8) is 0 Å². The molecule has 0 aromatic heterocycles. The molecule has 0 radical (unpaired) electrons. The molecule has 0 bridgehead atoms. The number of nitrogen functional groups attached to an aromatic ring is 1. The van der Waals surface area contributed by atoms with E-state index in [2.05, 4.69) is 0 Å². The Morgan fingerprint density at radius 1 is 1.46 bits per heavy atom. The van der Waals surface area contributed by atoms with Gasteiger partial charge in [-0.1, -0.05) is 12.1 Å². The highest BCUT2D eigenvalue weighted by molar-refractivity contribution is 6.06. The maximum atomic E-state index is 7.95. The number of anilines is 1. The molecule has 1 aromatic rings. The third-order valence-corrected chi connectivity index (χ3v) is 2.56. The molecule has 2 nitrogen and oxygen atoms in total. The Morgan fingerprint density at radius 3 is 2.69 bits per heavy atom. The second kappa shape index (κ2) is 2.87. The number of hydrogen-bond donors (Lipinski definition) is 2. The molecule has 68 valence electrons. The molecular weight excluding hydrogens is 160 g/mol. The Morgan fingerprint density at radius 2 is 2.15 bits per heavy atom. The van der Waals surface area contributed by atoms with Crippen LogP contribution in [0.1, 0.15) is 24.0 Å². The first-order valence-corrected chi connectivity index (χ1v) is 4.64. The van der Waals surface area contributed by atoms with Crippen LogP contribution in [0.3, 0.4) is 0 Å². The summed E-state index contributed by atoms with van der Waals surface area (Å²) in [5.41, 5.74) is 9.41. The normalized spacial score (nSPS) is 15.8. The molecule has 0 spiro atoms. The lowest BCUT2D eigenvalue weighted by Crippen LogP contribution is -2.07. The van der Waals surface area contributed by atoms with Gasteiger partial charge in [-0.15, -0.1) is 0 Å². The monoisotopic (exact) mass is 174 g/mol. The second-order valence-electron chi connectivity index (χ2n) is 3.73. The molecule has 1 saturated carbocycles. The van der Waals surface area contributed by atoms with E-state index in [0.717, 1.165) is 35.4 Å². The SMILES string of the molecule is Cc1cccc(N)c1C(=N)C1CC1. The van der Waals surface area contributed by atoms with Gasteiger partial charge in [-0.05, 0) is 31.4 Å². The van der Waals surface area contributed by atoms with Crippen LogP contribution in [-0.4, -0.2) is 5.71 Å². The Labute approximate surface area is 78.3 Å². The molecule has 0 amide bonds. The van der Waals surface area contributed by atoms with Gasteiger partial charge in [-0.25, -0.2) is 0 Å². The van der Waals surface area contributed by atoms with E-state index in [1.165, 1.54) is 0 Å². The summed E-state index contributed by atoms with van der Waals surface area (Å²) >= 11 is 0. The van der Waals surface area contributed by atoms with Crippen molar-refractivity contribution in [2.75, 3.05) is 5.73 Å². The van der Waals surface area contributed by atoms with Crippen molar-refractivity contribution in [2.45, 2.75) is 19.8 Å². The van der Waals surface area contributed by atoms with Gasteiger partial charge in [0.15, 0.2) is 0 Å². The van der Waals surface area contributed by atoms with Crippen molar-refractivity contribution in [3.05, 3.63) is 29.3 Å². The van der Waals surface area contributed by atoms with Gasteiger partial charge in [0, 0.05) is 22.9 Å². The summed E-state index contributed by atoms with van der Waals surface area (Å²) in [6.07, 6.45) is 2.32. The minimum absolute atomic E-state index is 0.475. The molecule has 0 atom stereocenters. The second-order valence-corrected chi connectivity index (χ2v) is 3.73. The van der Waals surface area contributed by atoms with Crippen molar-refractivity contribution in [3.8, 4) is 0 Å². The van der Waals surface area contributed by atoms with E-state index < -0.39 is 0 Å². The van der Waals surface area contributed by atoms with E-state index in [1.807, 2.05) is 25.1 Å². The average molecular weight is 174 g/mol. The molecular formula is C11H14N2. The number of nitrogens with two attached hydrogens (primary N) is 1. The van der Waals surface area contributed by atoms with E-state index >= 15 is 0 Å². The number of aryl methyl sites for hydroxylation is 1. The lowest BCUT2D eigenvalue weighted by Gasteiger charge is -2.09. The first-order chi connectivity index (χ1) is 6.20. The lowest BCUT2D eigenvalue weighted by molar-refractivity contribution is 1.15. The lowest BCUT2D eigenvalue weighted by atomic mass is 9.99. The van der Waals surface area contributed by atoms with Crippen LogP contribution in [0.5, 0.6) is 0 Å². The summed E-state index contributed by atoms with van der Waals surface area (Å²) in [6, 6.07) is 5.83. The minimum atomic E-state index is 0.475. The largest absolute Gasteiger partial charge is 0.398 e. The van der Waals surface area contributed by atoms with Gasteiger partial charge in [-0.3, -0.25) is 0 Å². The molecule has 2 heteroatoms. The van der Waals surface area contributed by atoms with Crippen LogP contribution in [0, 0.1) is 18.3 Å². The average Bonchev–Trinajstić information content (AvgIpc) is 2.85. The van der Waals surface area contributed by atoms with Crippen LogP contribution >= 0.6 is 0 Å².